The molecule has 2 heterocycles. The Morgan fingerprint density at radius 1 is 1.06 bits per heavy atom. The molecule has 0 fully saturated rings. The van der Waals surface area contributed by atoms with E-state index in [4.69, 9.17) is 4.42 Å². The van der Waals surface area contributed by atoms with Crippen molar-refractivity contribution in [1.82, 2.24) is 5.01 Å². The summed E-state index contributed by atoms with van der Waals surface area (Å²) >= 11 is 0. The number of nitrogens with zero attached hydrogens (tertiary/aromatic N) is 3. The zero-order valence-electron chi connectivity index (χ0n) is 16.6. The van der Waals surface area contributed by atoms with Crippen LogP contribution in [0.2, 0.25) is 0 Å². The molecule has 1 aliphatic heterocycles. The fourth-order valence-electron chi connectivity index (χ4n) is 3.79. The number of fused-ring (bicyclic) bond motifs is 1. The Morgan fingerprint density at radius 3 is 2.47 bits per heavy atom. The Bertz CT molecular complexity index is 1330. The van der Waals surface area contributed by atoms with Gasteiger partial charge in [0.05, 0.1) is 16.7 Å². The monoisotopic (exact) mass is 429 g/mol. The molecule has 158 valence electrons. The molecule has 8 heteroatoms. The summed E-state index contributed by atoms with van der Waals surface area (Å²) < 4.78 is 19.1. The highest BCUT2D eigenvalue weighted by Crippen LogP contribution is 2.35. The number of carbonyl (C=O) groups excluding carboxylic acids is 1. The van der Waals surface area contributed by atoms with Gasteiger partial charge in [-0.1, -0.05) is 42.5 Å². The van der Waals surface area contributed by atoms with Gasteiger partial charge in [0.1, 0.15) is 11.4 Å². The van der Waals surface area contributed by atoms with E-state index in [0.717, 1.165) is 5.39 Å². The lowest BCUT2D eigenvalue weighted by molar-refractivity contribution is -0.384. The van der Waals surface area contributed by atoms with Crippen LogP contribution in [-0.2, 0) is 0 Å². The van der Waals surface area contributed by atoms with Crippen molar-refractivity contribution < 1.29 is 18.5 Å². The molecule has 1 amide bonds. The van der Waals surface area contributed by atoms with Crippen LogP contribution in [0, 0.1) is 15.9 Å². The third-order valence-corrected chi connectivity index (χ3v) is 5.42. The number of hydrogen-bond acceptors (Lipinski definition) is 5. The molecule has 0 saturated carbocycles. The molecule has 1 atom stereocenters. The topological polar surface area (TPSA) is 89.0 Å². The van der Waals surface area contributed by atoms with Crippen LogP contribution in [0.25, 0.3) is 11.0 Å². The first-order chi connectivity index (χ1) is 15.5. The fraction of sp³-hybridized carbons (Fsp3) is 0.0833. The van der Waals surface area contributed by atoms with Crippen molar-refractivity contribution in [3.05, 3.63) is 112 Å². The molecule has 7 nitrogen and oxygen atoms in total. The van der Waals surface area contributed by atoms with E-state index in [2.05, 4.69) is 5.10 Å². The van der Waals surface area contributed by atoms with Gasteiger partial charge in [0.2, 0.25) is 0 Å². The first kappa shape index (κ1) is 19.6. The van der Waals surface area contributed by atoms with Gasteiger partial charge in [-0.25, -0.2) is 9.40 Å². The predicted octanol–water partition coefficient (Wildman–Crippen LogP) is 5.47. The van der Waals surface area contributed by atoms with Crippen LogP contribution in [0.1, 0.15) is 34.1 Å². The lowest BCUT2D eigenvalue weighted by Crippen LogP contribution is -2.26. The number of para-hydroxylation sites is 1. The van der Waals surface area contributed by atoms with Gasteiger partial charge in [-0.3, -0.25) is 14.9 Å². The summed E-state index contributed by atoms with van der Waals surface area (Å²) in [7, 11) is 0. The summed E-state index contributed by atoms with van der Waals surface area (Å²) in [5, 5.41) is 17.7. The van der Waals surface area contributed by atoms with Crippen molar-refractivity contribution in [3.63, 3.8) is 0 Å². The molecule has 32 heavy (non-hydrogen) atoms. The third kappa shape index (κ3) is 3.51. The number of benzene rings is 3. The van der Waals surface area contributed by atoms with Crippen molar-refractivity contribution in [2.75, 3.05) is 0 Å². The molecule has 4 aromatic rings. The van der Waals surface area contributed by atoms with Gasteiger partial charge in [0, 0.05) is 23.9 Å². The van der Waals surface area contributed by atoms with Gasteiger partial charge in [-0.15, -0.1) is 0 Å². The second kappa shape index (κ2) is 7.73. The first-order valence-corrected chi connectivity index (χ1v) is 9.89. The Labute approximate surface area is 181 Å². The predicted molar refractivity (Wildman–Crippen MR) is 116 cm³/mol. The van der Waals surface area contributed by atoms with E-state index in [0.29, 0.717) is 28.8 Å². The van der Waals surface area contributed by atoms with Crippen LogP contribution in [0.15, 0.2) is 88.4 Å². The highest BCUT2D eigenvalue weighted by Gasteiger charge is 2.35. The molecule has 0 aliphatic carbocycles. The van der Waals surface area contributed by atoms with Crippen LogP contribution < -0.4 is 0 Å². The fourth-order valence-corrected chi connectivity index (χ4v) is 3.79. The average molecular weight is 429 g/mol. The van der Waals surface area contributed by atoms with Gasteiger partial charge in [0.15, 0.2) is 5.76 Å². The van der Waals surface area contributed by atoms with Crippen molar-refractivity contribution in [2.24, 2.45) is 5.10 Å². The maximum absolute atomic E-state index is 13.4. The molecule has 0 radical (unpaired) electrons. The molecule has 0 spiro atoms. The minimum atomic E-state index is -0.489. The quantitative estimate of drug-likeness (QED) is 0.318. The van der Waals surface area contributed by atoms with E-state index >= 15 is 0 Å². The van der Waals surface area contributed by atoms with Gasteiger partial charge >= 0.3 is 5.91 Å². The van der Waals surface area contributed by atoms with E-state index in [1.165, 1.54) is 29.3 Å². The van der Waals surface area contributed by atoms with E-state index in [1.807, 2.05) is 18.2 Å². The zero-order valence-corrected chi connectivity index (χ0v) is 16.6. The zero-order chi connectivity index (χ0) is 22.2. The maximum atomic E-state index is 13.4. The minimum absolute atomic E-state index is 0.0402. The molecule has 0 N–H and O–H groups in total. The normalized spacial score (nSPS) is 15.7. The molecule has 0 saturated heterocycles. The van der Waals surface area contributed by atoms with Crippen molar-refractivity contribution >= 4 is 28.3 Å². The lowest BCUT2D eigenvalue weighted by Gasteiger charge is -2.21. The van der Waals surface area contributed by atoms with Crippen LogP contribution in [-0.4, -0.2) is 21.6 Å². The van der Waals surface area contributed by atoms with Crippen LogP contribution in [0.3, 0.4) is 0 Å². The molecule has 1 unspecified atom stereocenters. The Balaban J connectivity index is 1.54. The summed E-state index contributed by atoms with van der Waals surface area (Å²) in [6.45, 7) is 0. The van der Waals surface area contributed by atoms with Crippen LogP contribution in [0.5, 0.6) is 0 Å². The molecule has 1 aliphatic rings. The highest BCUT2D eigenvalue weighted by molar-refractivity contribution is 6.05. The largest absolute Gasteiger partial charge is 0.451 e. The number of rotatable bonds is 4. The number of nitro groups is 1. The number of furan rings is 1. The second-order valence-electron chi connectivity index (χ2n) is 7.42. The van der Waals surface area contributed by atoms with E-state index in [9.17, 15) is 19.3 Å². The highest BCUT2D eigenvalue weighted by atomic mass is 19.1. The van der Waals surface area contributed by atoms with Crippen molar-refractivity contribution in [3.8, 4) is 0 Å². The molecule has 1 aromatic heterocycles. The summed E-state index contributed by atoms with van der Waals surface area (Å²) in [6.07, 6.45) is 0.370. The Hall–Kier alpha value is -4.33. The van der Waals surface area contributed by atoms with E-state index in [1.54, 1.807) is 36.4 Å². The number of hydrogen-bond donors (Lipinski definition) is 0. The number of amides is 1. The maximum Gasteiger partial charge on any atom is 0.310 e. The number of non-ortho nitro benzene ring substituents is 1. The van der Waals surface area contributed by atoms with Gasteiger partial charge in [-0.2, -0.15) is 5.10 Å². The summed E-state index contributed by atoms with van der Waals surface area (Å²) in [4.78, 5) is 23.9. The van der Waals surface area contributed by atoms with Gasteiger partial charge < -0.3 is 4.42 Å². The number of hydrazone groups is 1. The minimum Gasteiger partial charge on any atom is -0.451 e. The summed E-state index contributed by atoms with van der Waals surface area (Å²) in [5.74, 6) is -0.654. The van der Waals surface area contributed by atoms with Gasteiger partial charge in [-0.05, 0) is 35.4 Å². The van der Waals surface area contributed by atoms with Crippen molar-refractivity contribution in [1.29, 1.82) is 0 Å². The smallest absolute Gasteiger partial charge is 0.310 e. The lowest BCUT2D eigenvalue weighted by atomic mass is 9.98. The molecule has 0 bridgehead atoms. The molecular weight excluding hydrogens is 413 g/mol. The Morgan fingerprint density at radius 2 is 1.78 bits per heavy atom. The standard InChI is InChI=1S/C24H16FN3O4/c25-18-9-5-15(6-10-18)20-14-21(16-7-11-19(12-8-16)28(30)31)27(26-20)24(29)23-13-17-3-1-2-4-22(17)32-23/h1-13,21H,14H2. The molecule has 3 aromatic carbocycles. The number of carbonyl (C=O) groups is 1. The molecule has 5 rings (SSSR count). The second-order valence-corrected chi connectivity index (χ2v) is 7.42. The van der Waals surface area contributed by atoms with Crippen LogP contribution in [0.4, 0.5) is 10.1 Å². The number of halogens is 1. The SMILES string of the molecule is O=C(c1cc2ccccc2o1)N1N=C(c2ccc(F)cc2)CC1c1ccc([N+](=O)[O-])cc1. The third-order valence-electron chi connectivity index (χ3n) is 5.42. The van der Waals surface area contributed by atoms with Crippen LogP contribution >= 0.6 is 0 Å². The first-order valence-electron chi connectivity index (χ1n) is 9.89. The van der Waals surface area contributed by atoms with Gasteiger partial charge in [0.25, 0.3) is 5.69 Å². The molecular formula is C24H16FN3O4. The van der Waals surface area contributed by atoms with E-state index in [-0.39, 0.29) is 17.3 Å². The summed E-state index contributed by atoms with van der Waals surface area (Å²) in [5.41, 5.74) is 2.54. The number of nitro benzene ring substituents is 1. The Kier molecular flexibility index (Phi) is 4.74. The summed E-state index contributed by atoms with van der Waals surface area (Å²) in [6, 6.07) is 20.4. The van der Waals surface area contributed by atoms with Crippen molar-refractivity contribution in [2.45, 2.75) is 12.5 Å². The van der Waals surface area contributed by atoms with E-state index < -0.39 is 16.9 Å². The average Bonchev–Trinajstić information content (AvgIpc) is 3.44.